The molecule has 6 nitrogen and oxygen atoms in total. The lowest BCUT2D eigenvalue weighted by molar-refractivity contribution is -0.121. The highest BCUT2D eigenvalue weighted by Crippen LogP contribution is 2.32. The standard InChI is InChI=1S/C13H16Cl2N4O2/c14-9-5-8(16)6-10(15)13(9)18-12(21)7-19-3-1-11(20)17-2-4-19/h5-6H,1-4,7,16H2,(H,17,20)(H,18,21). The van der Waals surface area contributed by atoms with Crippen LogP contribution in [-0.2, 0) is 9.59 Å². The summed E-state index contributed by atoms with van der Waals surface area (Å²) in [6, 6.07) is 3.05. The molecule has 2 rings (SSSR count). The predicted molar refractivity (Wildman–Crippen MR) is 83.6 cm³/mol. The fourth-order valence-electron chi connectivity index (χ4n) is 2.07. The summed E-state index contributed by atoms with van der Waals surface area (Å²) in [5.74, 6) is -0.236. The van der Waals surface area contributed by atoms with Crippen molar-refractivity contribution < 1.29 is 9.59 Å². The third-order valence-electron chi connectivity index (χ3n) is 3.10. The molecule has 1 aliphatic heterocycles. The molecule has 114 valence electrons. The molecule has 0 bridgehead atoms. The van der Waals surface area contributed by atoms with Crippen LogP contribution in [0.1, 0.15) is 6.42 Å². The van der Waals surface area contributed by atoms with Crippen molar-refractivity contribution >= 4 is 46.4 Å². The number of carbonyl (C=O) groups excluding carboxylic acids is 2. The largest absolute Gasteiger partial charge is 0.399 e. The normalized spacial score (nSPS) is 16.2. The molecule has 2 amide bonds. The van der Waals surface area contributed by atoms with E-state index in [9.17, 15) is 9.59 Å². The van der Waals surface area contributed by atoms with Crippen LogP contribution in [0, 0.1) is 0 Å². The molecular weight excluding hydrogens is 315 g/mol. The van der Waals surface area contributed by atoms with Gasteiger partial charge in [0.15, 0.2) is 0 Å². The Labute approximate surface area is 132 Å². The van der Waals surface area contributed by atoms with Crippen LogP contribution in [0.5, 0.6) is 0 Å². The molecule has 0 saturated carbocycles. The third-order valence-corrected chi connectivity index (χ3v) is 3.70. The number of nitrogens with zero attached hydrogens (tertiary/aromatic N) is 1. The number of benzene rings is 1. The highest BCUT2D eigenvalue weighted by atomic mass is 35.5. The molecule has 1 aromatic rings. The molecule has 1 heterocycles. The van der Waals surface area contributed by atoms with Crippen molar-refractivity contribution in [2.45, 2.75) is 6.42 Å². The monoisotopic (exact) mass is 330 g/mol. The Bertz CT molecular complexity index is 542. The van der Waals surface area contributed by atoms with Gasteiger partial charge in [-0.05, 0) is 12.1 Å². The smallest absolute Gasteiger partial charge is 0.238 e. The molecule has 0 radical (unpaired) electrons. The third kappa shape index (κ3) is 4.49. The van der Waals surface area contributed by atoms with Gasteiger partial charge in [0.2, 0.25) is 11.8 Å². The summed E-state index contributed by atoms with van der Waals surface area (Å²) in [6.45, 7) is 1.88. The highest BCUT2D eigenvalue weighted by Gasteiger charge is 2.17. The van der Waals surface area contributed by atoms with Crippen LogP contribution in [0.25, 0.3) is 0 Å². The quantitative estimate of drug-likeness (QED) is 0.730. The van der Waals surface area contributed by atoms with Crippen LogP contribution in [0.3, 0.4) is 0 Å². The number of nitrogens with one attached hydrogen (secondary N) is 2. The molecule has 0 unspecified atom stereocenters. The van der Waals surface area contributed by atoms with Gasteiger partial charge in [-0.2, -0.15) is 0 Å². The Hall–Kier alpha value is -1.50. The van der Waals surface area contributed by atoms with Crippen LogP contribution in [0.4, 0.5) is 11.4 Å². The van der Waals surface area contributed by atoms with Gasteiger partial charge in [0, 0.05) is 31.7 Å². The van der Waals surface area contributed by atoms with Gasteiger partial charge in [-0.15, -0.1) is 0 Å². The summed E-state index contributed by atoms with van der Waals surface area (Å²) in [5, 5.41) is 6.02. The number of rotatable bonds is 3. The summed E-state index contributed by atoms with van der Waals surface area (Å²) < 4.78 is 0. The summed E-state index contributed by atoms with van der Waals surface area (Å²) in [7, 11) is 0. The highest BCUT2D eigenvalue weighted by molar-refractivity contribution is 6.40. The van der Waals surface area contributed by atoms with Gasteiger partial charge < -0.3 is 16.4 Å². The van der Waals surface area contributed by atoms with Crippen molar-refractivity contribution in [3.8, 4) is 0 Å². The van der Waals surface area contributed by atoms with E-state index in [1.807, 2.05) is 4.90 Å². The van der Waals surface area contributed by atoms with Gasteiger partial charge in [0.1, 0.15) is 0 Å². The number of amides is 2. The Balaban J connectivity index is 1.97. The maximum absolute atomic E-state index is 12.1. The van der Waals surface area contributed by atoms with Crippen molar-refractivity contribution in [1.29, 1.82) is 0 Å². The van der Waals surface area contributed by atoms with Crippen LogP contribution in [0.15, 0.2) is 12.1 Å². The second kappa shape index (κ2) is 6.98. The molecule has 0 aromatic heterocycles. The van der Waals surface area contributed by atoms with Crippen LogP contribution in [-0.4, -0.2) is 42.9 Å². The van der Waals surface area contributed by atoms with E-state index in [0.717, 1.165) is 0 Å². The van der Waals surface area contributed by atoms with Crippen LogP contribution >= 0.6 is 23.2 Å². The first-order chi connectivity index (χ1) is 9.95. The van der Waals surface area contributed by atoms with Gasteiger partial charge in [0.05, 0.1) is 22.3 Å². The van der Waals surface area contributed by atoms with E-state index >= 15 is 0 Å². The first kappa shape index (κ1) is 15.9. The molecule has 4 N–H and O–H groups in total. The molecule has 1 fully saturated rings. The number of anilines is 2. The molecule has 0 aliphatic carbocycles. The first-order valence-corrected chi connectivity index (χ1v) is 7.24. The van der Waals surface area contributed by atoms with E-state index in [1.54, 1.807) is 0 Å². The van der Waals surface area contributed by atoms with Gasteiger partial charge in [-0.1, -0.05) is 23.2 Å². The van der Waals surface area contributed by atoms with Crippen LogP contribution < -0.4 is 16.4 Å². The lowest BCUT2D eigenvalue weighted by Crippen LogP contribution is -2.35. The Morgan fingerprint density at radius 2 is 2.00 bits per heavy atom. The lowest BCUT2D eigenvalue weighted by atomic mass is 10.2. The van der Waals surface area contributed by atoms with Gasteiger partial charge in [-0.25, -0.2) is 0 Å². The van der Waals surface area contributed by atoms with E-state index in [0.29, 0.717) is 47.5 Å². The maximum Gasteiger partial charge on any atom is 0.238 e. The molecule has 8 heteroatoms. The fourth-order valence-corrected chi connectivity index (χ4v) is 2.66. The number of nitrogens with two attached hydrogens (primary N) is 1. The second-order valence-electron chi connectivity index (χ2n) is 4.78. The molecular formula is C13H16Cl2N4O2. The van der Waals surface area contributed by atoms with Crippen molar-refractivity contribution in [3.05, 3.63) is 22.2 Å². The number of hydrogen-bond donors (Lipinski definition) is 3. The summed E-state index contributed by atoms with van der Waals surface area (Å²) in [6.07, 6.45) is 0.386. The van der Waals surface area contributed by atoms with Gasteiger partial charge >= 0.3 is 0 Å². The number of halogens is 2. The summed E-state index contributed by atoms with van der Waals surface area (Å²) in [4.78, 5) is 25.2. The lowest BCUT2D eigenvalue weighted by Gasteiger charge is -2.19. The van der Waals surface area contributed by atoms with Crippen molar-refractivity contribution in [1.82, 2.24) is 10.2 Å². The van der Waals surface area contributed by atoms with E-state index in [4.69, 9.17) is 28.9 Å². The average Bonchev–Trinajstić information content (AvgIpc) is 2.59. The zero-order valence-corrected chi connectivity index (χ0v) is 12.8. The molecule has 21 heavy (non-hydrogen) atoms. The molecule has 0 spiro atoms. The van der Waals surface area contributed by atoms with E-state index in [1.165, 1.54) is 12.1 Å². The molecule has 1 aliphatic rings. The van der Waals surface area contributed by atoms with E-state index in [2.05, 4.69) is 10.6 Å². The Kier molecular flexibility index (Phi) is 5.27. The first-order valence-electron chi connectivity index (χ1n) is 6.49. The van der Waals surface area contributed by atoms with E-state index < -0.39 is 0 Å². The van der Waals surface area contributed by atoms with Crippen LogP contribution in [0.2, 0.25) is 10.0 Å². The molecule has 1 aromatic carbocycles. The molecule has 1 saturated heterocycles. The zero-order valence-electron chi connectivity index (χ0n) is 11.3. The minimum Gasteiger partial charge on any atom is -0.399 e. The maximum atomic E-state index is 12.1. The van der Waals surface area contributed by atoms with Gasteiger partial charge in [0.25, 0.3) is 0 Å². The number of carbonyl (C=O) groups is 2. The minimum absolute atomic E-state index is 0.00234. The zero-order chi connectivity index (χ0) is 15.4. The Morgan fingerprint density at radius 3 is 2.67 bits per heavy atom. The van der Waals surface area contributed by atoms with Crippen molar-refractivity contribution in [3.63, 3.8) is 0 Å². The van der Waals surface area contributed by atoms with E-state index in [-0.39, 0.29) is 18.4 Å². The van der Waals surface area contributed by atoms with Gasteiger partial charge in [-0.3, -0.25) is 14.5 Å². The summed E-state index contributed by atoms with van der Waals surface area (Å²) in [5.41, 5.74) is 6.39. The second-order valence-corrected chi connectivity index (χ2v) is 5.60. The average molecular weight is 331 g/mol. The fraction of sp³-hybridized carbons (Fsp3) is 0.385. The van der Waals surface area contributed by atoms with Crippen molar-refractivity contribution in [2.24, 2.45) is 0 Å². The predicted octanol–water partition coefficient (Wildman–Crippen LogP) is 1.34. The SMILES string of the molecule is Nc1cc(Cl)c(NC(=O)CN2CCNC(=O)CC2)c(Cl)c1. The molecule has 0 atom stereocenters. The Morgan fingerprint density at radius 1 is 1.33 bits per heavy atom. The summed E-state index contributed by atoms with van der Waals surface area (Å²) >= 11 is 12.0. The minimum atomic E-state index is -0.238. The number of nitrogen functional groups attached to an aromatic ring is 1. The topological polar surface area (TPSA) is 87.5 Å². The number of hydrogen-bond acceptors (Lipinski definition) is 4. The van der Waals surface area contributed by atoms with Crippen molar-refractivity contribution in [2.75, 3.05) is 37.2 Å².